The van der Waals surface area contributed by atoms with Crippen LogP contribution in [0.1, 0.15) is 26.7 Å². The van der Waals surface area contributed by atoms with Crippen molar-refractivity contribution in [3.63, 3.8) is 0 Å². The first kappa shape index (κ1) is 22.2. The summed E-state index contributed by atoms with van der Waals surface area (Å²) in [6, 6.07) is 15.5. The maximum Gasteiger partial charge on any atom is 0.350 e. The molecular weight excluding hydrogens is 466 g/mol. The van der Waals surface area contributed by atoms with Gasteiger partial charge in [-0.15, -0.1) is 11.3 Å². The number of rotatable bonds is 5. The molecule has 0 aliphatic heterocycles. The van der Waals surface area contributed by atoms with Crippen molar-refractivity contribution in [2.75, 3.05) is 5.32 Å². The molecule has 0 unspecified atom stereocenters. The Labute approximate surface area is 202 Å². The quantitative estimate of drug-likeness (QED) is 0.393. The lowest BCUT2D eigenvalue weighted by Gasteiger charge is -2.06. The van der Waals surface area contributed by atoms with Crippen LogP contribution < -0.4 is 16.7 Å². The Morgan fingerprint density at radius 3 is 2.54 bits per heavy atom. The number of aryl methyl sites for hydroxylation is 2. The van der Waals surface area contributed by atoms with E-state index in [4.69, 9.17) is 5.73 Å². The molecule has 5 rings (SSSR count). The maximum atomic E-state index is 13.0. The van der Waals surface area contributed by atoms with E-state index in [0.717, 1.165) is 5.56 Å². The monoisotopic (exact) mass is 485 g/mol. The van der Waals surface area contributed by atoms with Gasteiger partial charge in [0, 0.05) is 30.1 Å². The number of anilines is 1. The maximum absolute atomic E-state index is 13.0. The van der Waals surface area contributed by atoms with Crippen LogP contribution in [0.3, 0.4) is 0 Å². The molecule has 0 atom stereocenters. The molecular formula is C24H19N7O3S. The molecule has 2 aromatic carbocycles. The molecule has 0 saturated carbocycles. The highest BCUT2D eigenvalue weighted by molar-refractivity contribution is 7.22. The standard InChI is InChI=1S/C24H19N7O3S/c1-13-29-30(2)24(34)31(13)17-8-6-14(7-9-17)23-28-18-10-11-26-19(20(18)35-23)22(33)27-16-5-3-4-15(12-16)21(25)32/h3-12H,1-2H3,(H2,25,32)(H,27,33). The second kappa shape index (κ2) is 8.61. The third-order valence-corrected chi connectivity index (χ3v) is 6.51. The zero-order chi connectivity index (χ0) is 24.7. The summed E-state index contributed by atoms with van der Waals surface area (Å²) in [5.41, 5.74) is 8.23. The van der Waals surface area contributed by atoms with Crippen LogP contribution in [0.15, 0.2) is 65.6 Å². The Morgan fingerprint density at radius 1 is 1.09 bits per heavy atom. The predicted molar refractivity (Wildman–Crippen MR) is 133 cm³/mol. The van der Waals surface area contributed by atoms with Crippen LogP contribution in [-0.2, 0) is 7.05 Å². The number of hydrogen-bond acceptors (Lipinski definition) is 7. The van der Waals surface area contributed by atoms with E-state index in [1.54, 1.807) is 38.2 Å². The minimum atomic E-state index is -0.581. The number of nitrogens with two attached hydrogens (primary N) is 1. The number of carbonyl (C=O) groups is 2. The predicted octanol–water partition coefficient (Wildman–Crippen LogP) is 2.90. The topological polar surface area (TPSA) is 138 Å². The van der Waals surface area contributed by atoms with Crippen molar-refractivity contribution < 1.29 is 9.59 Å². The minimum absolute atomic E-state index is 0.224. The highest BCUT2D eigenvalue weighted by atomic mass is 32.1. The Balaban J connectivity index is 1.46. The Bertz CT molecular complexity index is 1670. The van der Waals surface area contributed by atoms with E-state index in [1.165, 1.54) is 32.8 Å². The van der Waals surface area contributed by atoms with Crippen molar-refractivity contribution in [1.29, 1.82) is 0 Å². The van der Waals surface area contributed by atoms with Crippen LogP contribution in [0.4, 0.5) is 5.69 Å². The largest absolute Gasteiger partial charge is 0.366 e. The number of pyridine rings is 1. The van der Waals surface area contributed by atoms with E-state index in [9.17, 15) is 14.4 Å². The first-order valence-corrected chi connectivity index (χ1v) is 11.3. The van der Waals surface area contributed by atoms with Crippen LogP contribution in [0, 0.1) is 6.92 Å². The first-order valence-electron chi connectivity index (χ1n) is 10.5. The lowest BCUT2D eigenvalue weighted by Crippen LogP contribution is -2.21. The third kappa shape index (κ3) is 4.08. The van der Waals surface area contributed by atoms with Crippen LogP contribution >= 0.6 is 11.3 Å². The molecule has 3 N–H and O–H groups in total. The van der Waals surface area contributed by atoms with Gasteiger partial charge in [0.1, 0.15) is 16.5 Å². The van der Waals surface area contributed by atoms with E-state index in [0.29, 0.717) is 38.0 Å². The molecule has 0 radical (unpaired) electrons. The minimum Gasteiger partial charge on any atom is -0.366 e. The second-order valence-corrected chi connectivity index (χ2v) is 8.76. The lowest BCUT2D eigenvalue weighted by atomic mass is 10.2. The number of aromatic nitrogens is 5. The molecule has 174 valence electrons. The second-order valence-electron chi connectivity index (χ2n) is 7.76. The molecule has 2 amide bonds. The van der Waals surface area contributed by atoms with Crippen LogP contribution in [0.5, 0.6) is 0 Å². The molecule has 3 aromatic heterocycles. The fraction of sp³-hybridized carbons (Fsp3) is 0.0833. The normalized spacial score (nSPS) is 11.0. The summed E-state index contributed by atoms with van der Waals surface area (Å²) in [5.74, 6) is -0.412. The van der Waals surface area contributed by atoms with Gasteiger partial charge in [0.25, 0.3) is 5.91 Å². The highest BCUT2D eigenvalue weighted by Gasteiger charge is 2.17. The average Bonchev–Trinajstić information content (AvgIpc) is 3.39. The van der Waals surface area contributed by atoms with E-state index >= 15 is 0 Å². The van der Waals surface area contributed by atoms with Crippen molar-refractivity contribution in [1.82, 2.24) is 24.3 Å². The first-order chi connectivity index (χ1) is 16.8. The van der Waals surface area contributed by atoms with E-state index in [-0.39, 0.29) is 11.4 Å². The van der Waals surface area contributed by atoms with Crippen molar-refractivity contribution in [3.05, 3.63) is 88.4 Å². The fourth-order valence-corrected chi connectivity index (χ4v) is 4.77. The number of hydrogen-bond donors (Lipinski definition) is 2. The molecule has 3 heterocycles. The van der Waals surface area contributed by atoms with Crippen LogP contribution in [-0.4, -0.2) is 36.1 Å². The zero-order valence-electron chi connectivity index (χ0n) is 18.7. The van der Waals surface area contributed by atoms with Crippen molar-refractivity contribution in [3.8, 4) is 16.3 Å². The molecule has 0 saturated heterocycles. The number of nitrogens with zero attached hydrogens (tertiary/aromatic N) is 5. The SMILES string of the molecule is Cc1nn(C)c(=O)n1-c1ccc(-c2nc3ccnc(C(=O)Nc4cccc(C(N)=O)c4)c3s2)cc1. The number of primary amides is 1. The van der Waals surface area contributed by atoms with Gasteiger partial charge in [0.2, 0.25) is 5.91 Å². The third-order valence-electron chi connectivity index (χ3n) is 5.38. The van der Waals surface area contributed by atoms with Crippen molar-refractivity contribution >= 4 is 39.1 Å². The molecule has 0 spiro atoms. The van der Waals surface area contributed by atoms with Crippen LogP contribution in [0.2, 0.25) is 0 Å². The van der Waals surface area contributed by atoms with Gasteiger partial charge in [-0.25, -0.2) is 24.0 Å². The summed E-state index contributed by atoms with van der Waals surface area (Å²) in [6.45, 7) is 1.77. The van der Waals surface area contributed by atoms with Gasteiger partial charge in [0.15, 0.2) is 0 Å². The van der Waals surface area contributed by atoms with Crippen molar-refractivity contribution in [2.24, 2.45) is 12.8 Å². The van der Waals surface area contributed by atoms with Gasteiger partial charge >= 0.3 is 5.69 Å². The molecule has 0 aliphatic rings. The highest BCUT2D eigenvalue weighted by Crippen LogP contribution is 2.32. The summed E-state index contributed by atoms with van der Waals surface area (Å²) in [6.07, 6.45) is 1.53. The summed E-state index contributed by atoms with van der Waals surface area (Å²) in [5, 5.41) is 7.63. The van der Waals surface area contributed by atoms with Crippen molar-refractivity contribution in [2.45, 2.75) is 6.92 Å². The molecule has 5 aromatic rings. The zero-order valence-corrected chi connectivity index (χ0v) is 19.5. The molecule has 0 fully saturated rings. The van der Waals surface area contributed by atoms with Gasteiger partial charge in [-0.2, -0.15) is 5.10 Å². The van der Waals surface area contributed by atoms with Crippen LogP contribution in [0.25, 0.3) is 26.5 Å². The Morgan fingerprint density at radius 2 is 1.86 bits per heavy atom. The number of benzene rings is 2. The summed E-state index contributed by atoms with van der Waals surface area (Å²) < 4.78 is 3.46. The van der Waals surface area contributed by atoms with E-state index < -0.39 is 11.8 Å². The van der Waals surface area contributed by atoms with E-state index in [2.05, 4.69) is 20.4 Å². The summed E-state index contributed by atoms with van der Waals surface area (Å²) >= 11 is 1.34. The Hall–Kier alpha value is -4.64. The molecule has 11 heteroatoms. The molecule has 35 heavy (non-hydrogen) atoms. The number of carbonyl (C=O) groups excluding carboxylic acids is 2. The lowest BCUT2D eigenvalue weighted by molar-refractivity contribution is 0.0996. The van der Waals surface area contributed by atoms with Gasteiger partial charge in [-0.05, 0) is 55.5 Å². The smallest absolute Gasteiger partial charge is 0.350 e. The van der Waals surface area contributed by atoms with E-state index in [1.807, 2.05) is 24.3 Å². The number of amides is 2. The van der Waals surface area contributed by atoms with Gasteiger partial charge in [0.05, 0.1) is 15.9 Å². The molecule has 10 nitrogen and oxygen atoms in total. The number of thiazole rings is 1. The number of nitrogens with one attached hydrogen (secondary N) is 1. The van der Waals surface area contributed by atoms with Gasteiger partial charge in [-0.1, -0.05) is 6.07 Å². The number of fused-ring (bicyclic) bond motifs is 1. The Kier molecular flexibility index (Phi) is 5.46. The fourth-order valence-electron chi connectivity index (χ4n) is 3.72. The molecule has 0 aliphatic carbocycles. The van der Waals surface area contributed by atoms with Gasteiger partial charge in [-0.3, -0.25) is 9.59 Å². The van der Waals surface area contributed by atoms with Gasteiger partial charge < -0.3 is 11.1 Å². The summed E-state index contributed by atoms with van der Waals surface area (Å²) in [4.78, 5) is 45.7. The summed E-state index contributed by atoms with van der Waals surface area (Å²) in [7, 11) is 1.61. The molecule has 0 bridgehead atoms. The average molecular weight is 486 g/mol.